The van der Waals surface area contributed by atoms with E-state index in [0.717, 1.165) is 43.1 Å². The molecule has 1 amide bonds. The van der Waals surface area contributed by atoms with Crippen molar-refractivity contribution in [3.63, 3.8) is 0 Å². The first-order valence-electron chi connectivity index (χ1n) is 9.55. The Morgan fingerprint density at radius 2 is 2.24 bits per heavy atom. The van der Waals surface area contributed by atoms with Crippen LogP contribution >= 0.6 is 11.6 Å². The van der Waals surface area contributed by atoms with Gasteiger partial charge in [-0.3, -0.25) is 9.69 Å². The molecule has 3 atom stereocenters. The monoisotopic (exact) mass is 363 g/mol. The normalized spacial score (nSPS) is 26.9. The van der Waals surface area contributed by atoms with Gasteiger partial charge in [0, 0.05) is 31.2 Å². The van der Waals surface area contributed by atoms with Crippen LogP contribution in [0, 0.1) is 5.92 Å². The van der Waals surface area contributed by atoms with Crippen LogP contribution in [-0.2, 0) is 11.3 Å². The van der Waals surface area contributed by atoms with Gasteiger partial charge in [0.2, 0.25) is 5.91 Å². The predicted molar refractivity (Wildman–Crippen MR) is 103 cm³/mol. The summed E-state index contributed by atoms with van der Waals surface area (Å²) in [7, 11) is 1.92. The van der Waals surface area contributed by atoms with E-state index < -0.39 is 0 Å². The second kappa shape index (κ2) is 8.52. The Morgan fingerprint density at radius 1 is 1.40 bits per heavy atom. The highest BCUT2D eigenvalue weighted by Gasteiger charge is 2.40. The maximum atomic E-state index is 13.2. The van der Waals surface area contributed by atoms with Crippen molar-refractivity contribution in [2.75, 3.05) is 26.7 Å². The van der Waals surface area contributed by atoms with Crippen LogP contribution in [0.15, 0.2) is 24.3 Å². The lowest BCUT2D eigenvalue weighted by atomic mass is 9.96. The Hall–Kier alpha value is -1.10. The Morgan fingerprint density at radius 3 is 2.92 bits per heavy atom. The molecule has 0 saturated carbocycles. The first-order valence-corrected chi connectivity index (χ1v) is 9.93. The first-order chi connectivity index (χ1) is 12.1. The largest absolute Gasteiger partial charge is 0.340 e. The van der Waals surface area contributed by atoms with Gasteiger partial charge in [-0.25, -0.2) is 0 Å². The molecule has 138 valence electrons. The van der Waals surface area contributed by atoms with E-state index in [2.05, 4.69) is 17.1 Å². The summed E-state index contributed by atoms with van der Waals surface area (Å²) in [6.07, 6.45) is 4.68. The molecule has 25 heavy (non-hydrogen) atoms. The second-order valence-electron chi connectivity index (χ2n) is 7.51. The Bertz CT molecular complexity index is 588. The Kier molecular flexibility index (Phi) is 6.37. The summed E-state index contributed by atoms with van der Waals surface area (Å²) in [5, 5.41) is 4.29. The summed E-state index contributed by atoms with van der Waals surface area (Å²) in [5.41, 5.74) is 1.08. The number of benzene rings is 1. The molecule has 0 aromatic heterocycles. The zero-order valence-electron chi connectivity index (χ0n) is 15.4. The molecule has 1 aromatic carbocycles. The molecule has 1 aromatic rings. The molecule has 2 aliphatic rings. The van der Waals surface area contributed by atoms with Crippen molar-refractivity contribution in [1.29, 1.82) is 0 Å². The number of rotatable bonds is 6. The van der Waals surface area contributed by atoms with Gasteiger partial charge < -0.3 is 10.2 Å². The average molecular weight is 364 g/mol. The van der Waals surface area contributed by atoms with Crippen molar-refractivity contribution in [3.8, 4) is 0 Å². The van der Waals surface area contributed by atoms with Gasteiger partial charge in [0.15, 0.2) is 0 Å². The highest BCUT2D eigenvalue weighted by atomic mass is 35.5. The maximum Gasteiger partial charge on any atom is 0.240 e. The van der Waals surface area contributed by atoms with Gasteiger partial charge in [0.25, 0.3) is 0 Å². The molecular weight excluding hydrogens is 334 g/mol. The number of likely N-dealkylation sites (tertiary alicyclic amines) is 1. The van der Waals surface area contributed by atoms with Crippen LogP contribution in [0.3, 0.4) is 0 Å². The fourth-order valence-corrected chi connectivity index (χ4v) is 4.54. The summed E-state index contributed by atoms with van der Waals surface area (Å²) in [6, 6.07) is 8.35. The van der Waals surface area contributed by atoms with Gasteiger partial charge in [0.05, 0.1) is 6.04 Å². The molecule has 0 radical (unpaired) electrons. The summed E-state index contributed by atoms with van der Waals surface area (Å²) in [4.78, 5) is 17.5. The number of nitrogens with one attached hydrogen (secondary N) is 1. The van der Waals surface area contributed by atoms with Crippen molar-refractivity contribution in [2.45, 2.75) is 51.2 Å². The van der Waals surface area contributed by atoms with Crippen LogP contribution in [-0.4, -0.2) is 54.5 Å². The minimum atomic E-state index is 0.0246. The topological polar surface area (TPSA) is 35.6 Å². The van der Waals surface area contributed by atoms with E-state index >= 15 is 0 Å². The lowest BCUT2D eigenvalue weighted by Crippen LogP contribution is -2.49. The van der Waals surface area contributed by atoms with Crippen LogP contribution in [0.2, 0.25) is 5.02 Å². The van der Waals surface area contributed by atoms with Crippen LogP contribution in [0.1, 0.15) is 38.2 Å². The third-order valence-electron chi connectivity index (χ3n) is 5.71. The Balaban J connectivity index is 1.67. The van der Waals surface area contributed by atoms with E-state index in [1.54, 1.807) is 0 Å². The zero-order valence-corrected chi connectivity index (χ0v) is 16.1. The first kappa shape index (κ1) is 18.7. The molecule has 0 spiro atoms. The quantitative estimate of drug-likeness (QED) is 0.843. The number of hydrogen-bond acceptors (Lipinski definition) is 3. The fraction of sp³-hybridized carbons (Fsp3) is 0.650. The van der Waals surface area contributed by atoms with Crippen LogP contribution in [0.5, 0.6) is 0 Å². The zero-order chi connectivity index (χ0) is 17.8. The number of likely N-dealkylation sites (N-methyl/N-ethyl adjacent to an activating group) is 1. The van der Waals surface area contributed by atoms with Crippen molar-refractivity contribution in [2.24, 2.45) is 5.92 Å². The van der Waals surface area contributed by atoms with E-state index in [-0.39, 0.29) is 11.9 Å². The van der Waals surface area contributed by atoms with Gasteiger partial charge in [-0.1, -0.05) is 37.1 Å². The lowest BCUT2D eigenvalue weighted by Gasteiger charge is -2.32. The summed E-state index contributed by atoms with van der Waals surface area (Å²) < 4.78 is 0. The van der Waals surface area contributed by atoms with E-state index in [4.69, 9.17) is 11.6 Å². The Labute approximate surface area is 156 Å². The van der Waals surface area contributed by atoms with Crippen LogP contribution in [0.4, 0.5) is 0 Å². The number of amides is 1. The van der Waals surface area contributed by atoms with Gasteiger partial charge >= 0.3 is 0 Å². The molecule has 0 aliphatic carbocycles. The summed E-state index contributed by atoms with van der Waals surface area (Å²) in [6.45, 7) is 5.97. The van der Waals surface area contributed by atoms with E-state index in [9.17, 15) is 4.79 Å². The SMILES string of the molecule is CC[C@H]1CCN(C[C@@H]2CCCN2)C1C(=O)N(C)Cc1cccc(Cl)c1. The smallest absolute Gasteiger partial charge is 0.240 e. The number of carbonyl (C=O) groups excluding carboxylic acids is 1. The molecular formula is C20H30ClN3O. The van der Waals surface area contributed by atoms with Gasteiger partial charge in [-0.05, 0) is 56.0 Å². The van der Waals surface area contributed by atoms with Crippen molar-refractivity contribution in [3.05, 3.63) is 34.9 Å². The number of nitrogens with zero attached hydrogens (tertiary/aromatic N) is 2. The molecule has 2 fully saturated rings. The standard InChI is InChI=1S/C20H30ClN3O/c1-3-16-9-11-24(14-18-8-5-10-22-18)19(16)20(25)23(2)13-15-6-4-7-17(21)12-15/h4,6-7,12,16,18-19,22H,3,5,8-11,13-14H2,1-2H3/t16-,18-,19?/m0/s1. The summed E-state index contributed by atoms with van der Waals surface area (Å²) in [5.74, 6) is 0.720. The van der Waals surface area contributed by atoms with Gasteiger partial charge in [0.1, 0.15) is 0 Å². The van der Waals surface area contributed by atoms with E-state index in [0.29, 0.717) is 18.5 Å². The minimum absolute atomic E-state index is 0.0246. The fourth-order valence-electron chi connectivity index (χ4n) is 4.33. The van der Waals surface area contributed by atoms with Gasteiger partial charge in [-0.15, -0.1) is 0 Å². The van der Waals surface area contributed by atoms with Crippen LogP contribution < -0.4 is 5.32 Å². The molecule has 3 rings (SSSR count). The molecule has 1 N–H and O–H groups in total. The number of carbonyl (C=O) groups is 1. The molecule has 1 unspecified atom stereocenters. The van der Waals surface area contributed by atoms with Gasteiger partial charge in [-0.2, -0.15) is 0 Å². The molecule has 2 heterocycles. The second-order valence-corrected chi connectivity index (χ2v) is 7.95. The molecule has 2 saturated heterocycles. The minimum Gasteiger partial charge on any atom is -0.340 e. The third-order valence-corrected chi connectivity index (χ3v) is 5.94. The third kappa shape index (κ3) is 4.55. The number of halogens is 1. The molecule has 5 heteroatoms. The van der Waals surface area contributed by atoms with E-state index in [1.165, 1.54) is 12.8 Å². The van der Waals surface area contributed by atoms with Crippen molar-refractivity contribution < 1.29 is 4.79 Å². The maximum absolute atomic E-state index is 13.2. The highest BCUT2D eigenvalue weighted by molar-refractivity contribution is 6.30. The van der Waals surface area contributed by atoms with Crippen molar-refractivity contribution >= 4 is 17.5 Å². The summed E-state index contributed by atoms with van der Waals surface area (Å²) >= 11 is 6.08. The van der Waals surface area contributed by atoms with Crippen LogP contribution in [0.25, 0.3) is 0 Å². The molecule has 4 nitrogen and oxygen atoms in total. The van der Waals surface area contributed by atoms with Crippen molar-refractivity contribution in [1.82, 2.24) is 15.1 Å². The average Bonchev–Trinajstić information content (AvgIpc) is 3.24. The highest BCUT2D eigenvalue weighted by Crippen LogP contribution is 2.29. The molecule has 0 bridgehead atoms. The predicted octanol–water partition coefficient (Wildman–Crippen LogP) is 3.15. The van der Waals surface area contributed by atoms with E-state index in [1.807, 2.05) is 36.2 Å². The number of hydrogen-bond donors (Lipinski definition) is 1. The molecule has 2 aliphatic heterocycles. The lowest BCUT2D eigenvalue weighted by molar-refractivity contribution is -0.136.